The molecule has 2 aromatic rings. The van der Waals surface area contributed by atoms with Crippen LogP contribution in [-0.4, -0.2) is 42.2 Å². The molecule has 8 heteroatoms. The van der Waals surface area contributed by atoms with Crippen molar-refractivity contribution in [2.75, 3.05) is 6.54 Å². The van der Waals surface area contributed by atoms with Gasteiger partial charge in [-0.3, -0.25) is 0 Å². The van der Waals surface area contributed by atoms with Gasteiger partial charge in [-0.2, -0.15) is 0 Å². The number of hydrogen-bond acceptors (Lipinski definition) is 5. The lowest BCUT2D eigenvalue weighted by molar-refractivity contribution is 0.0689. The fraction of sp³-hybridized carbons (Fsp3) is 0.400. The van der Waals surface area contributed by atoms with Gasteiger partial charge in [0.05, 0.1) is 5.69 Å². The Bertz CT molecular complexity index is 558. The minimum absolute atomic E-state index is 0.0466. The van der Waals surface area contributed by atoms with Crippen molar-refractivity contribution in [3.8, 4) is 0 Å². The van der Waals surface area contributed by atoms with Crippen molar-refractivity contribution in [2.24, 2.45) is 12.8 Å². The number of carboxylic acid groups (broad SMARTS) is 1. The number of carbonyl (C=O) groups is 1. The highest BCUT2D eigenvalue weighted by molar-refractivity contribution is 5.86. The normalized spacial score (nSPS) is 10.8. The highest BCUT2D eigenvalue weighted by atomic mass is 16.4. The first-order chi connectivity index (χ1) is 8.63. The van der Waals surface area contributed by atoms with Crippen molar-refractivity contribution < 1.29 is 9.90 Å². The Morgan fingerprint density at radius 3 is 2.89 bits per heavy atom. The van der Waals surface area contributed by atoms with Gasteiger partial charge in [-0.15, -0.1) is 5.10 Å². The Hall–Kier alpha value is -2.22. The van der Waals surface area contributed by atoms with E-state index >= 15 is 0 Å². The van der Waals surface area contributed by atoms with Crippen LogP contribution in [-0.2, 0) is 20.0 Å². The van der Waals surface area contributed by atoms with Crippen molar-refractivity contribution >= 4 is 5.97 Å². The number of nitrogens with two attached hydrogens (primary N) is 1. The van der Waals surface area contributed by atoms with Gasteiger partial charge < -0.3 is 15.4 Å². The molecule has 3 N–H and O–H groups in total. The van der Waals surface area contributed by atoms with Gasteiger partial charge in [0.25, 0.3) is 0 Å². The van der Waals surface area contributed by atoms with Gasteiger partial charge in [0, 0.05) is 25.9 Å². The van der Waals surface area contributed by atoms with E-state index in [1.165, 1.54) is 4.68 Å². The summed E-state index contributed by atoms with van der Waals surface area (Å²) in [6.45, 7) is 0.716. The maximum Gasteiger partial charge on any atom is 0.358 e. The molecule has 0 aromatic carbocycles. The van der Waals surface area contributed by atoms with E-state index in [1.807, 2.05) is 17.8 Å². The quantitative estimate of drug-likeness (QED) is 0.722. The highest BCUT2D eigenvalue weighted by Crippen LogP contribution is 2.08. The van der Waals surface area contributed by atoms with Crippen molar-refractivity contribution in [1.82, 2.24) is 24.5 Å². The number of nitrogens with zero attached hydrogens (tertiary/aromatic N) is 5. The first kappa shape index (κ1) is 12.2. The average molecular weight is 250 g/mol. The lowest BCUT2D eigenvalue weighted by Gasteiger charge is -2.06. The predicted octanol–water partition coefficient (Wildman–Crippen LogP) is -0.741. The summed E-state index contributed by atoms with van der Waals surface area (Å²) in [6, 6.07) is 0. The van der Waals surface area contributed by atoms with Gasteiger partial charge >= 0.3 is 5.97 Å². The van der Waals surface area contributed by atoms with Crippen LogP contribution in [0.15, 0.2) is 12.4 Å². The molecule has 0 fully saturated rings. The second-order valence-electron chi connectivity index (χ2n) is 3.84. The van der Waals surface area contributed by atoms with Crippen LogP contribution in [0.1, 0.15) is 22.0 Å². The Morgan fingerprint density at radius 1 is 1.56 bits per heavy atom. The van der Waals surface area contributed by atoms with Gasteiger partial charge in [-0.05, 0) is 6.54 Å². The van der Waals surface area contributed by atoms with Crippen LogP contribution >= 0.6 is 0 Å². The highest BCUT2D eigenvalue weighted by Gasteiger charge is 2.18. The van der Waals surface area contributed by atoms with Gasteiger partial charge in [0.15, 0.2) is 5.69 Å². The Labute approximate surface area is 103 Å². The number of carboxylic acids is 1. The zero-order valence-electron chi connectivity index (χ0n) is 9.94. The smallest absolute Gasteiger partial charge is 0.358 e. The molecule has 2 heterocycles. The number of aromatic carboxylic acids is 1. The number of rotatable bonds is 5. The fourth-order valence-corrected chi connectivity index (χ4v) is 1.69. The molecule has 0 unspecified atom stereocenters. The van der Waals surface area contributed by atoms with E-state index in [9.17, 15) is 4.79 Å². The monoisotopic (exact) mass is 250 g/mol. The summed E-state index contributed by atoms with van der Waals surface area (Å²) in [7, 11) is 1.86. The standard InChI is InChI=1S/C10H14N6O2/c1-15-5-4-12-8(15)6-16-7(2-3-11)9(10(17)18)13-14-16/h4-5H,2-3,6,11H2,1H3,(H,17,18). The second-order valence-corrected chi connectivity index (χ2v) is 3.84. The molecule has 0 radical (unpaired) electrons. The van der Waals surface area contributed by atoms with Crippen LogP contribution in [0.2, 0.25) is 0 Å². The third-order valence-electron chi connectivity index (χ3n) is 2.63. The maximum atomic E-state index is 11.0. The molecule has 2 aromatic heterocycles. The van der Waals surface area contributed by atoms with E-state index < -0.39 is 5.97 Å². The summed E-state index contributed by atoms with van der Waals surface area (Å²) in [5.41, 5.74) is 5.95. The van der Waals surface area contributed by atoms with Gasteiger partial charge in [-0.25, -0.2) is 14.5 Å². The molecule has 0 aliphatic carbocycles. The molecule has 0 saturated carbocycles. The first-order valence-electron chi connectivity index (χ1n) is 5.45. The van der Waals surface area contributed by atoms with Gasteiger partial charge in [0.1, 0.15) is 12.4 Å². The molecule has 18 heavy (non-hydrogen) atoms. The average Bonchev–Trinajstić information content (AvgIpc) is 2.89. The molecule has 0 atom stereocenters. The molecule has 8 nitrogen and oxygen atoms in total. The van der Waals surface area contributed by atoms with E-state index in [2.05, 4.69) is 15.3 Å². The van der Waals surface area contributed by atoms with Crippen LogP contribution < -0.4 is 5.73 Å². The number of aryl methyl sites for hydroxylation is 1. The summed E-state index contributed by atoms with van der Waals surface area (Å²) in [5, 5.41) is 16.5. The molecular formula is C10H14N6O2. The van der Waals surface area contributed by atoms with Crippen LogP contribution in [0.4, 0.5) is 0 Å². The summed E-state index contributed by atoms with van der Waals surface area (Å²) in [5.74, 6) is -0.320. The molecule has 0 aliphatic heterocycles. The van der Waals surface area contributed by atoms with Crippen molar-refractivity contribution in [1.29, 1.82) is 0 Å². The summed E-state index contributed by atoms with van der Waals surface area (Å²) >= 11 is 0. The minimum Gasteiger partial charge on any atom is -0.476 e. The molecule has 0 amide bonds. The maximum absolute atomic E-state index is 11.0. The Morgan fingerprint density at radius 2 is 2.33 bits per heavy atom. The van der Waals surface area contributed by atoms with Crippen LogP contribution in [0.3, 0.4) is 0 Å². The SMILES string of the molecule is Cn1ccnc1Cn1nnc(C(=O)O)c1CCN. The van der Waals surface area contributed by atoms with Crippen molar-refractivity contribution in [2.45, 2.75) is 13.0 Å². The molecular weight excluding hydrogens is 236 g/mol. The van der Waals surface area contributed by atoms with Crippen LogP contribution in [0.5, 0.6) is 0 Å². The Balaban J connectivity index is 2.33. The number of aromatic nitrogens is 5. The zero-order chi connectivity index (χ0) is 13.1. The lowest BCUT2D eigenvalue weighted by Crippen LogP contribution is -2.15. The van der Waals surface area contributed by atoms with Crippen molar-refractivity contribution in [3.63, 3.8) is 0 Å². The summed E-state index contributed by atoms with van der Waals surface area (Å²) in [6.07, 6.45) is 3.90. The van der Waals surface area contributed by atoms with E-state index in [4.69, 9.17) is 10.8 Å². The van der Waals surface area contributed by atoms with Gasteiger partial charge in [-0.1, -0.05) is 5.21 Å². The van der Waals surface area contributed by atoms with E-state index in [1.54, 1.807) is 6.20 Å². The van der Waals surface area contributed by atoms with Crippen LogP contribution in [0.25, 0.3) is 0 Å². The number of hydrogen-bond donors (Lipinski definition) is 2. The largest absolute Gasteiger partial charge is 0.476 e. The van der Waals surface area contributed by atoms with E-state index in [0.717, 1.165) is 5.82 Å². The molecule has 0 saturated heterocycles. The molecule has 0 spiro atoms. The van der Waals surface area contributed by atoms with E-state index in [-0.39, 0.29) is 5.69 Å². The third-order valence-corrected chi connectivity index (χ3v) is 2.63. The van der Waals surface area contributed by atoms with Gasteiger partial charge in [0.2, 0.25) is 0 Å². The first-order valence-corrected chi connectivity index (χ1v) is 5.45. The number of imidazole rings is 1. The molecule has 0 bridgehead atoms. The minimum atomic E-state index is -1.09. The Kier molecular flexibility index (Phi) is 3.38. The predicted molar refractivity (Wildman–Crippen MR) is 62.0 cm³/mol. The zero-order valence-corrected chi connectivity index (χ0v) is 9.94. The second kappa shape index (κ2) is 4.96. The summed E-state index contributed by atoms with van der Waals surface area (Å²) in [4.78, 5) is 15.2. The third kappa shape index (κ3) is 2.23. The summed E-state index contributed by atoms with van der Waals surface area (Å²) < 4.78 is 3.37. The van der Waals surface area contributed by atoms with Crippen LogP contribution in [0, 0.1) is 0 Å². The molecule has 0 aliphatic rings. The topological polar surface area (TPSA) is 112 Å². The van der Waals surface area contributed by atoms with E-state index in [0.29, 0.717) is 25.2 Å². The molecule has 96 valence electrons. The fourth-order valence-electron chi connectivity index (χ4n) is 1.69. The lowest BCUT2D eigenvalue weighted by atomic mass is 10.2. The van der Waals surface area contributed by atoms with Crippen molar-refractivity contribution in [3.05, 3.63) is 29.6 Å². The molecule has 2 rings (SSSR count).